The Morgan fingerprint density at radius 3 is 2.46 bits per heavy atom. The van der Waals surface area contributed by atoms with Crippen molar-refractivity contribution >= 4 is 39.8 Å². The Morgan fingerprint density at radius 1 is 0.857 bits per heavy atom. The fourth-order valence-electron chi connectivity index (χ4n) is 4.02. The zero-order valence-corrected chi connectivity index (χ0v) is 19.5. The van der Waals surface area contributed by atoms with Crippen LogP contribution in [0, 0.1) is 11.3 Å². The quantitative estimate of drug-likeness (QED) is 0.296. The number of para-hydroxylation sites is 1. The van der Waals surface area contributed by atoms with E-state index in [0.29, 0.717) is 28.4 Å². The summed E-state index contributed by atoms with van der Waals surface area (Å²) in [6.45, 7) is 0.434. The highest BCUT2D eigenvalue weighted by Crippen LogP contribution is 2.35. The summed E-state index contributed by atoms with van der Waals surface area (Å²) in [6, 6.07) is 30.8. The molecule has 1 heterocycles. The molecule has 0 atom stereocenters. The minimum Gasteiger partial charge on any atom is -0.488 e. The summed E-state index contributed by atoms with van der Waals surface area (Å²) < 4.78 is 6.16. The normalized spacial score (nSPS) is 14.5. The molecule has 0 radical (unpaired) electrons. The van der Waals surface area contributed by atoms with E-state index in [1.165, 1.54) is 4.90 Å². The molecule has 0 saturated carbocycles. The molecular formula is C29H20N2O3S. The first kappa shape index (κ1) is 22.5. The molecule has 0 spiro atoms. The number of rotatable bonds is 6. The highest BCUT2D eigenvalue weighted by Gasteiger charge is 2.35. The van der Waals surface area contributed by atoms with E-state index in [2.05, 4.69) is 24.3 Å². The highest BCUT2D eigenvalue weighted by molar-refractivity contribution is 8.18. The van der Waals surface area contributed by atoms with Gasteiger partial charge in [0, 0.05) is 5.56 Å². The molecule has 1 saturated heterocycles. The molecule has 0 unspecified atom stereocenters. The zero-order chi connectivity index (χ0) is 24.2. The molecule has 1 aliphatic rings. The van der Waals surface area contributed by atoms with Crippen LogP contribution < -0.4 is 4.74 Å². The van der Waals surface area contributed by atoms with Crippen LogP contribution in [-0.4, -0.2) is 16.0 Å². The van der Waals surface area contributed by atoms with Crippen molar-refractivity contribution < 1.29 is 14.3 Å². The molecule has 0 aliphatic carbocycles. The van der Waals surface area contributed by atoms with E-state index in [4.69, 9.17) is 4.74 Å². The van der Waals surface area contributed by atoms with Gasteiger partial charge in [0.15, 0.2) is 0 Å². The van der Waals surface area contributed by atoms with Gasteiger partial charge in [-0.15, -0.1) is 0 Å². The Morgan fingerprint density at radius 2 is 1.57 bits per heavy atom. The first-order valence-electron chi connectivity index (χ1n) is 11.1. The van der Waals surface area contributed by atoms with Gasteiger partial charge in [0.25, 0.3) is 11.1 Å². The number of imide groups is 1. The number of nitrogens with zero attached hydrogens (tertiary/aromatic N) is 2. The number of carbonyl (C=O) groups excluding carboxylic acids is 2. The number of hydrogen-bond donors (Lipinski definition) is 0. The lowest BCUT2D eigenvalue weighted by molar-refractivity contribution is -0.123. The van der Waals surface area contributed by atoms with Crippen molar-refractivity contribution in [1.29, 1.82) is 5.26 Å². The maximum atomic E-state index is 13.1. The van der Waals surface area contributed by atoms with Gasteiger partial charge in [0.05, 0.1) is 23.1 Å². The van der Waals surface area contributed by atoms with Crippen LogP contribution in [0.4, 0.5) is 4.79 Å². The summed E-state index contributed by atoms with van der Waals surface area (Å²) >= 11 is 0.894. The lowest BCUT2D eigenvalue weighted by Crippen LogP contribution is -2.27. The van der Waals surface area contributed by atoms with Gasteiger partial charge in [-0.25, -0.2) is 0 Å². The second-order valence-corrected chi connectivity index (χ2v) is 8.99. The van der Waals surface area contributed by atoms with E-state index in [1.54, 1.807) is 30.3 Å². The first-order valence-corrected chi connectivity index (χ1v) is 11.9. The van der Waals surface area contributed by atoms with Crippen LogP contribution in [0.5, 0.6) is 5.75 Å². The van der Waals surface area contributed by atoms with Crippen molar-refractivity contribution in [3.63, 3.8) is 0 Å². The van der Waals surface area contributed by atoms with E-state index in [0.717, 1.165) is 33.7 Å². The van der Waals surface area contributed by atoms with Gasteiger partial charge < -0.3 is 4.74 Å². The summed E-state index contributed by atoms with van der Waals surface area (Å²) in [5.41, 5.74) is 2.87. The average Bonchev–Trinajstić information content (AvgIpc) is 3.15. The summed E-state index contributed by atoms with van der Waals surface area (Å²) in [5, 5.41) is 11.2. The largest absolute Gasteiger partial charge is 0.488 e. The van der Waals surface area contributed by atoms with Gasteiger partial charge >= 0.3 is 0 Å². The molecule has 170 valence electrons. The Kier molecular flexibility index (Phi) is 6.34. The standard InChI is InChI=1S/C29H20N2O3S/c30-17-22-10-1-2-11-23(22)18-31-28(32)27(35-29(31)33)16-21-9-4-6-15-26(21)34-19-24-13-7-12-20-8-3-5-14-25(20)24/h1-16H,18-19H2/b27-16-. The molecule has 5 rings (SSSR count). The molecule has 1 aliphatic heterocycles. The molecule has 35 heavy (non-hydrogen) atoms. The van der Waals surface area contributed by atoms with E-state index in [-0.39, 0.29) is 17.7 Å². The lowest BCUT2D eigenvalue weighted by Gasteiger charge is -2.13. The number of carbonyl (C=O) groups is 2. The third-order valence-corrected chi connectivity index (χ3v) is 6.72. The Bertz CT molecular complexity index is 1510. The second kappa shape index (κ2) is 9.88. The molecule has 4 aromatic carbocycles. The zero-order valence-electron chi connectivity index (χ0n) is 18.7. The van der Waals surface area contributed by atoms with E-state index < -0.39 is 0 Å². The van der Waals surface area contributed by atoms with Gasteiger partial charge in [0.1, 0.15) is 12.4 Å². The van der Waals surface area contributed by atoms with Crippen LogP contribution >= 0.6 is 11.8 Å². The van der Waals surface area contributed by atoms with E-state index in [1.807, 2.05) is 48.5 Å². The number of amides is 2. The summed E-state index contributed by atoms with van der Waals surface area (Å²) in [6.07, 6.45) is 1.69. The number of fused-ring (bicyclic) bond motifs is 1. The van der Waals surface area contributed by atoms with Crippen LogP contribution in [0.2, 0.25) is 0 Å². The van der Waals surface area contributed by atoms with E-state index in [9.17, 15) is 14.9 Å². The number of thioether (sulfide) groups is 1. The topological polar surface area (TPSA) is 70.4 Å². The summed E-state index contributed by atoms with van der Waals surface area (Å²) in [5.74, 6) is 0.249. The fraction of sp³-hybridized carbons (Fsp3) is 0.0690. The molecule has 0 bridgehead atoms. The molecule has 0 N–H and O–H groups in total. The summed E-state index contributed by atoms with van der Waals surface area (Å²) in [4.78, 5) is 27.2. The van der Waals surface area contributed by atoms with Gasteiger partial charge in [-0.05, 0) is 51.9 Å². The maximum Gasteiger partial charge on any atom is 0.293 e. The molecular weight excluding hydrogens is 456 g/mol. The van der Waals surface area contributed by atoms with Crippen LogP contribution in [0.3, 0.4) is 0 Å². The van der Waals surface area contributed by atoms with Gasteiger partial charge in [0.2, 0.25) is 0 Å². The number of ether oxygens (including phenoxy) is 1. The molecule has 4 aromatic rings. The predicted molar refractivity (Wildman–Crippen MR) is 137 cm³/mol. The van der Waals surface area contributed by atoms with E-state index >= 15 is 0 Å². The predicted octanol–water partition coefficient (Wildman–Crippen LogP) is 6.53. The van der Waals surface area contributed by atoms with Crippen LogP contribution in [0.15, 0.2) is 95.9 Å². The van der Waals surface area contributed by atoms with Gasteiger partial charge in [-0.1, -0.05) is 78.9 Å². The second-order valence-electron chi connectivity index (χ2n) is 8.00. The third-order valence-electron chi connectivity index (χ3n) is 5.81. The van der Waals surface area contributed by atoms with Crippen molar-refractivity contribution in [1.82, 2.24) is 4.90 Å². The monoisotopic (exact) mass is 476 g/mol. The average molecular weight is 477 g/mol. The number of benzene rings is 4. The van der Waals surface area contributed by atoms with Crippen molar-refractivity contribution in [2.75, 3.05) is 0 Å². The van der Waals surface area contributed by atoms with Gasteiger partial charge in [-0.2, -0.15) is 5.26 Å². The minimum absolute atomic E-state index is 0.0605. The SMILES string of the molecule is N#Cc1ccccc1CN1C(=O)S/C(=C\c2ccccc2OCc2cccc3ccccc23)C1=O. The third kappa shape index (κ3) is 4.68. The summed E-state index contributed by atoms with van der Waals surface area (Å²) in [7, 11) is 0. The molecule has 5 nitrogen and oxygen atoms in total. The smallest absolute Gasteiger partial charge is 0.293 e. The maximum absolute atomic E-state index is 13.1. The Balaban J connectivity index is 1.37. The fourth-order valence-corrected chi connectivity index (χ4v) is 4.85. The molecule has 0 aromatic heterocycles. The minimum atomic E-state index is -0.378. The van der Waals surface area contributed by atoms with Crippen molar-refractivity contribution in [2.24, 2.45) is 0 Å². The Labute approximate surface area is 207 Å². The highest BCUT2D eigenvalue weighted by atomic mass is 32.2. The van der Waals surface area contributed by atoms with Crippen molar-refractivity contribution in [2.45, 2.75) is 13.2 Å². The molecule has 2 amide bonds. The van der Waals surface area contributed by atoms with Crippen LogP contribution in [0.25, 0.3) is 16.8 Å². The molecule has 6 heteroatoms. The lowest BCUT2D eigenvalue weighted by atomic mass is 10.1. The van der Waals surface area contributed by atoms with Crippen LogP contribution in [-0.2, 0) is 17.9 Å². The number of hydrogen-bond acceptors (Lipinski definition) is 5. The molecule has 1 fully saturated rings. The van der Waals surface area contributed by atoms with Gasteiger partial charge in [-0.3, -0.25) is 14.5 Å². The Hall–Kier alpha value is -4.34. The first-order chi connectivity index (χ1) is 17.1. The number of nitriles is 1. The van der Waals surface area contributed by atoms with Crippen LogP contribution in [0.1, 0.15) is 22.3 Å². The van der Waals surface area contributed by atoms with Crippen molar-refractivity contribution in [3.8, 4) is 11.8 Å². The van der Waals surface area contributed by atoms with Crippen molar-refractivity contribution in [3.05, 3.63) is 118 Å².